The predicted octanol–water partition coefficient (Wildman–Crippen LogP) is 2.76. The number of halogens is 1. The summed E-state index contributed by atoms with van der Waals surface area (Å²) in [5.41, 5.74) is 1.44. The Balaban J connectivity index is 2.86. The molecule has 1 aromatic carbocycles. The van der Waals surface area contributed by atoms with E-state index in [2.05, 4.69) is 4.98 Å². The van der Waals surface area contributed by atoms with E-state index in [1.807, 2.05) is 6.07 Å². The van der Waals surface area contributed by atoms with Crippen molar-refractivity contribution < 1.29 is 4.79 Å². The van der Waals surface area contributed by atoms with Gasteiger partial charge in [-0.1, -0.05) is 23.7 Å². The zero-order chi connectivity index (χ0) is 8.55. The van der Waals surface area contributed by atoms with Gasteiger partial charge in [-0.25, -0.2) is 4.98 Å². The molecular formula is C8H4ClNOS. The van der Waals surface area contributed by atoms with Crippen molar-refractivity contribution in [3.63, 3.8) is 0 Å². The zero-order valence-electron chi connectivity index (χ0n) is 5.95. The molecule has 1 aromatic heterocycles. The van der Waals surface area contributed by atoms with Crippen LogP contribution < -0.4 is 0 Å². The number of hydrogen-bond acceptors (Lipinski definition) is 3. The first-order valence-corrected chi connectivity index (χ1v) is 4.51. The summed E-state index contributed by atoms with van der Waals surface area (Å²) >= 11 is 7.03. The Morgan fingerprint density at radius 1 is 1.50 bits per heavy atom. The van der Waals surface area contributed by atoms with Crippen LogP contribution in [0, 0.1) is 0 Å². The highest BCUT2D eigenvalue weighted by Crippen LogP contribution is 2.27. The first kappa shape index (κ1) is 7.71. The second-order valence-corrected chi connectivity index (χ2v) is 3.86. The number of nitrogens with zero attached hydrogens (tertiary/aromatic N) is 1. The number of rotatable bonds is 1. The summed E-state index contributed by atoms with van der Waals surface area (Å²) in [6.07, 6.45) is 0.816. The standard InChI is InChI=1S/C8H4ClNOS/c9-8-10-6-3-1-2-5(4-11)7(6)12-8/h1-4H. The fourth-order valence-corrected chi connectivity index (χ4v) is 2.12. The first-order chi connectivity index (χ1) is 5.81. The molecule has 0 radical (unpaired) electrons. The van der Waals surface area contributed by atoms with Gasteiger partial charge in [0.25, 0.3) is 0 Å². The van der Waals surface area contributed by atoms with Crippen LogP contribution in [0.2, 0.25) is 4.47 Å². The molecule has 2 nitrogen and oxygen atoms in total. The predicted molar refractivity (Wildman–Crippen MR) is 50.0 cm³/mol. The Bertz CT molecular complexity index is 438. The van der Waals surface area contributed by atoms with Crippen LogP contribution in [0.3, 0.4) is 0 Å². The van der Waals surface area contributed by atoms with E-state index in [-0.39, 0.29) is 0 Å². The number of aromatic nitrogens is 1. The zero-order valence-corrected chi connectivity index (χ0v) is 7.52. The second kappa shape index (κ2) is 2.84. The molecule has 0 saturated heterocycles. The SMILES string of the molecule is O=Cc1cccc2nc(Cl)sc12. The molecule has 2 aromatic rings. The molecule has 0 bridgehead atoms. The number of aldehydes is 1. The molecule has 0 N–H and O–H groups in total. The lowest BCUT2D eigenvalue weighted by Gasteiger charge is -1.89. The van der Waals surface area contributed by atoms with E-state index in [4.69, 9.17) is 11.6 Å². The van der Waals surface area contributed by atoms with Crippen LogP contribution in [-0.4, -0.2) is 11.3 Å². The highest BCUT2D eigenvalue weighted by Gasteiger charge is 2.04. The van der Waals surface area contributed by atoms with Crippen LogP contribution in [-0.2, 0) is 0 Å². The van der Waals surface area contributed by atoms with Gasteiger partial charge in [0, 0.05) is 5.56 Å². The second-order valence-electron chi connectivity index (χ2n) is 2.28. The molecule has 0 amide bonds. The van der Waals surface area contributed by atoms with Crippen molar-refractivity contribution >= 4 is 39.4 Å². The van der Waals surface area contributed by atoms with Crippen molar-refractivity contribution in [3.05, 3.63) is 28.2 Å². The number of hydrogen-bond donors (Lipinski definition) is 0. The van der Waals surface area contributed by atoms with E-state index in [1.165, 1.54) is 11.3 Å². The third kappa shape index (κ3) is 1.11. The van der Waals surface area contributed by atoms with Crippen LogP contribution >= 0.6 is 22.9 Å². The highest BCUT2D eigenvalue weighted by molar-refractivity contribution is 7.22. The van der Waals surface area contributed by atoms with Crippen molar-refractivity contribution in [3.8, 4) is 0 Å². The minimum Gasteiger partial charge on any atom is -0.298 e. The molecule has 0 aliphatic carbocycles. The van der Waals surface area contributed by atoms with Gasteiger partial charge in [0.15, 0.2) is 10.8 Å². The van der Waals surface area contributed by atoms with E-state index in [9.17, 15) is 4.79 Å². The van der Waals surface area contributed by atoms with Gasteiger partial charge in [-0.3, -0.25) is 4.79 Å². The molecule has 0 fully saturated rings. The van der Waals surface area contributed by atoms with Gasteiger partial charge < -0.3 is 0 Å². The lowest BCUT2D eigenvalue weighted by molar-refractivity contribution is 0.112. The molecule has 2 rings (SSSR count). The Labute approximate surface area is 77.8 Å². The van der Waals surface area contributed by atoms with Crippen molar-refractivity contribution in [2.45, 2.75) is 0 Å². The van der Waals surface area contributed by atoms with Gasteiger partial charge in [-0.2, -0.15) is 0 Å². The minimum atomic E-state index is 0.472. The number of carbonyl (C=O) groups is 1. The number of fused-ring (bicyclic) bond motifs is 1. The quantitative estimate of drug-likeness (QED) is 0.658. The van der Waals surface area contributed by atoms with Gasteiger partial charge in [0.05, 0.1) is 10.2 Å². The molecular weight excluding hydrogens is 194 g/mol. The van der Waals surface area contributed by atoms with E-state index in [1.54, 1.807) is 12.1 Å². The average Bonchev–Trinajstić information content (AvgIpc) is 2.44. The first-order valence-electron chi connectivity index (χ1n) is 3.31. The monoisotopic (exact) mass is 197 g/mol. The largest absolute Gasteiger partial charge is 0.298 e. The Morgan fingerprint density at radius 3 is 3.08 bits per heavy atom. The molecule has 0 aliphatic rings. The maximum atomic E-state index is 10.6. The summed E-state index contributed by atoms with van der Waals surface area (Å²) in [6, 6.07) is 5.39. The molecule has 0 aliphatic heterocycles. The molecule has 60 valence electrons. The molecule has 0 atom stereocenters. The summed E-state index contributed by atoms with van der Waals surface area (Å²) in [5, 5.41) is 0. The topological polar surface area (TPSA) is 30.0 Å². The fraction of sp³-hybridized carbons (Fsp3) is 0. The maximum Gasteiger partial charge on any atom is 0.184 e. The van der Waals surface area contributed by atoms with E-state index >= 15 is 0 Å². The van der Waals surface area contributed by atoms with Crippen molar-refractivity contribution in [1.82, 2.24) is 4.98 Å². The molecule has 0 saturated carbocycles. The van der Waals surface area contributed by atoms with E-state index in [0.717, 1.165) is 16.5 Å². The van der Waals surface area contributed by atoms with Crippen molar-refractivity contribution in [2.24, 2.45) is 0 Å². The Kier molecular flexibility index (Phi) is 1.83. The maximum absolute atomic E-state index is 10.6. The summed E-state index contributed by atoms with van der Waals surface area (Å²) in [7, 11) is 0. The number of carbonyl (C=O) groups excluding carboxylic acids is 1. The van der Waals surface area contributed by atoms with Crippen LogP contribution in [0.5, 0.6) is 0 Å². The minimum absolute atomic E-state index is 0.472. The summed E-state index contributed by atoms with van der Waals surface area (Å²) in [5.74, 6) is 0. The van der Waals surface area contributed by atoms with Crippen LogP contribution in [0.25, 0.3) is 10.2 Å². The van der Waals surface area contributed by atoms with E-state index in [0.29, 0.717) is 10.0 Å². The van der Waals surface area contributed by atoms with Crippen molar-refractivity contribution in [1.29, 1.82) is 0 Å². The van der Waals surface area contributed by atoms with Crippen LogP contribution in [0.15, 0.2) is 18.2 Å². The number of benzene rings is 1. The van der Waals surface area contributed by atoms with Gasteiger partial charge in [0.2, 0.25) is 0 Å². The Hall–Kier alpha value is -0.930. The van der Waals surface area contributed by atoms with Crippen molar-refractivity contribution in [2.75, 3.05) is 0 Å². The molecule has 12 heavy (non-hydrogen) atoms. The van der Waals surface area contributed by atoms with Gasteiger partial charge in [-0.05, 0) is 6.07 Å². The fourth-order valence-electron chi connectivity index (χ4n) is 1.04. The van der Waals surface area contributed by atoms with Crippen LogP contribution in [0.1, 0.15) is 10.4 Å². The average molecular weight is 198 g/mol. The third-order valence-corrected chi connectivity index (χ3v) is 2.77. The summed E-state index contributed by atoms with van der Waals surface area (Å²) < 4.78 is 1.33. The molecule has 4 heteroatoms. The Morgan fingerprint density at radius 2 is 2.33 bits per heavy atom. The lowest BCUT2D eigenvalue weighted by Crippen LogP contribution is -1.77. The lowest BCUT2D eigenvalue weighted by atomic mass is 10.2. The third-order valence-electron chi connectivity index (χ3n) is 1.55. The number of thiazole rings is 1. The summed E-state index contributed by atoms with van der Waals surface area (Å²) in [4.78, 5) is 14.6. The normalized spacial score (nSPS) is 10.4. The smallest absolute Gasteiger partial charge is 0.184 e. The van der Waals surface area contributed by atoms with Gasteiger partial charge in [-0.15, -0.1) is 11.3 Å². The van der Waals surface area contributed by atoms with Gasteiger partial charge >= 0.3 is 0 Å². The summed E-state index contributed by atoms with van der Waals surface area (Å²) in [6.45, 7) is 0. The van der Waals surface area contributed by atoms with Gasteiger partial charge in [0.1, 0.15) is 0 Å². The molecule has 0 spiro atoms. The van der Waals surface area contributed by atoms with Crippen LogP contribution in [0.4, 0.5) is 0 Å². The molecule has 1 heterocycles. The molecule has 0 unspecified atom stereocenters. The van der Waals surface area contributed by atoms with E-state index < -0.39 is 0 Å². The highest BCUT2D eigenvalue weighted by atomic mass is 35.5.